The van der Waals surface area contributed by atoms with Crippen LogP contribution in [-0.2, 0) is 4.74 Å². The average Bonchev–Trinajstić information content (AvgIpc) is 3.01. The molecule has 0 unspecified atom stereocenters. The van der Waals surface area contributed by atoms with Gasteiger partial charge in [-0.2, -0.15) is 0 Å². The van der Waals surface area contributed by atoms with Gasteiger partial charge >= 0.3 is 6.03 Å². The minimum Gasteiger partial charge on any atom is -0.380 e. The number of hydrogen-bond donors (Lipinski definition) is 2. The Balaban J connectivity index is 1.54. The Hall–Kier alpha value is -0.810. The number of ether oxygens (including phenoxy) is 1. The van der Waals surface area contributed by atoms with Gasteiger partial charge in [0.15, 0.2) is 0 Å². The summed E-state index contributed by atoms with van der Waals surface area (Å²) in [5, 5.41) is 6.51. The molecule has 3 saturated heterocycles. The number of rotatable bonds is 2. The molecule has 17 heavy (non-hydrogen) atoms. The molecular weight excluding hydrogens is 218 g/mol. The van der Waals surface area contributed by atoms with Crippen molar-refractivity contribution in [1.82, 2.24) is 15.5 Å². The zero-order chi connectivity index (χ0) is 11.7. The van der Waals surface area contributed by atoms with Crippen LogP contribution in [-0.4, -0.2) is 56.9 Å². The summed E-state index contributed by atoms with van der Waals surface area (Å²) in [5.41, 5.74) is 0.148. The van der Waals surface area contributed by atoms with E-state index in [1.807, 2.05) is 4.90 Å². The minimum atomic E-state index is 0.106. The van der Waals surface area contributed by atoms with E-state index in [0.717, 1.165) is 58.8 Å². The van der Waals surface area contributed by atoms with Gasteiger partial charge in [-0.1, -0.05) is 0 Å². The van der Waals surface area contributed by atoms with Crippen molar-refractivity contribution in [2.45, 2.75) is 12.8 Å². The Morgan fingerprint density at radius 3 is 3.12 bits per heavy atom. The van der Waals surface area contributed by atoms with Crippen LogP contribution in [0.15, 0.2) is 0 Å². The van der Waals surface area contributed by atoms with Crippen LogP contribution in [0.5, 0.6) is 0 Å². The number of amides is 2. The Kier molecular flexibility index (Phi) is 2.96. The number of carbonyl (C=O) groups excluding carboxylic acids is 1. The molecule has 3 heterocycles. The smallest absolute Gasteiger partial charge is 0.317 e. The number of hydrogen-bond acceptors (Lipinski definition) is 3. The fourth-order valence-electron chi connectivity index (χ4n) is 3.21. The Bertz CT molecular complexity index is 292. The first-order valence-corrected chi connectivity index (χ1v) is 6.61. The molecule has 2 atom stereocenters. The zero-order valence-corrected chi connectivity index (χ0v) is 10.2. The summed E-state index contributed by atoms with van der Waals surface area (Å²) in [6.45, 7) is 6.20. The molecular formula is C12H21N3O2. The van der Waals surface area contributed by atoms with Crippen molar-refractivity contribution in [2.24, 2.45) is 11.3 Å². The van der Waals surface area contributed by atoms with Gasteiger partial charge in [0.2, 0.25) is 0 Å². The quantitative estimate of drug-likeness (QED) is 0.715. The normalized spacial score (nSPS) is 36.2. The van der Waals surface area contributed by atoms with Crippen molar-refractivity contribution in [3.8, 4) is 0 Å². The summed E-state index contributed by atoms with van der Waals surface area (Å²) in [5.74, 6) is 0.571. The van der Waals surface area contributed by atoms with Gasteiger partial charge in [-0.05, 0) is 12.8 Å². The summed E-state index contributed by atoms with van der Waals surface area (Å²) in [7, 11) is 0. The van der Waals surface area contributed by atoms with Gasteiger partial charge in [0, 0.05) is 44.1 Å². The molecule has 0 saturated carbocycles. The van der Waals surface area contributed by atoms with Gasteiger partial charge < -0.3 is 20.3 Å². The number of nitrogens with zero attached hydrogens (tertiary/aromatic N) is 1. The number of urea groups is 1. The Labute approximate surface area is 102 Å². The lowest BCUT2D eigenvalue weighted by atomic mass is 9.81. The maximum Gasteiger partial charge on any atom is 0.317 e. The zero-order valence-electron chi connectivity index (χ0n) is 10.2. The van der Waals surface area contributed by atoms with E-state index in [-0.39, 0.29) is 11.4 Å². The van der Waals surface area contributed by atoms with E-state index < -0.39 is 0 Å². The van der Waals surface area contributed by atoms with Gasteiger partial charge in [0.25, 0.3) is 0 Å². The number of carbonyl (C=O) groups is 1. The van der Waals surface area contributed by atoms with Crippen molar-refractivity contribution in [2.75, 3.05) is 45.9 Å². The molecule has 3 rings (SSSR count). The maximum atomic E-state index is 11.9. The molecule has 0 aromatic carbocycles. The molecule has 3 fully saturated rings. The molecule has 3 aliphatic rings. The van der Waals surface area contributed by atoms with Crippen LogP contribution in [0.25, 0.3) is 0 Å². The molecule has 0 spiro atoms. The van der Waals surface area contributed by atoms with E-state index in [2.05, 4.69) is 10.6 Å². The van der Waals surface area contributed by atoms with Crippen molar-refractivity contribution >= 4 is 6.03 Å². The predicted octanol–water partition coefficient (Wildman–Crippen LogP) is 0.0278. The second kappa shape index (κ2) is 4.46. The predicted molar refractivity (Wildman–Crippen MR) is 63.8 cm³/mol. The molecule has 0 aromatic rings. The van der Waals surface area contributed by atoms with Gasteiger partial charge in [0.05, 0.1) is 13.2 Å². The summed E-state index contributed by atoms with van der Waals surface area (Å²) in [4.78, 5) is 13.9. The van der Waals surface area contributed by atoms with E-state index in [1.165, 1.54) is 0 Å². The van der Waals surface area contributed by atoms with E-state index in [1.54, 1.807) is 0 Å². The largest absolute Gasteiger partial charge is 0.380 e. The van der Waals surface area contributed by atoms with Gasteiger partial charge in [0.1, 0.15) is 0 Å². The third kappa shape index (κ3) is 2.02. The molecule has 96 valence electrons. The number of nitrogens with one attached hydrogen (secondary N) is 2. The van der Waals surface area contributed by atoms with Crippen LogP contribution in [0.2, 0.25) is 0 Å². The first kappa shape index (κ1) is 11.3. The Morgan fingerprint density at radius 1 is 1.47 bits per heavy atom. The molecule has 0 aromatic heterocycles. The molecule has 2 amide bonds. The monoisotopic (exact) mass is 239 g/mol. The lowest BCUT2D eigenvalue weighted by molar-refractivity contribution is 0.149. The third-order valence-electron chi connectivity index (χ3n) is 4.43. The van der Waals surface area contributed by atoms with E-state index in [0.29, 0.717) is 5.92 Å². The van der Waals surface area contributed by atoms with E-state index in [9.17, 15) is 4.79 Å². The highest BCUT2D eigenvalue weighted by Crippen LogP contribution is 2.36. The molecule has 0 bridgehead atoms. The van der Waals surface area contributed by atoms with Crippen molar-refractivity contribution in [3.63, 3.8) is 0 Å². The molecule has 5 heteroatoms. The van der Waals surface area contributed by atoms with E-state index in [4.69, 9.17) is 4.74 Å². The van der Waals surface area contributed by atoms with Gasteiger partial charge in [-0.25, -0.2) is 4.79 Å². The van der Waals surface area contributed by atoms with Crippen LogP contribution in [0.3, 0.4) is 0 Å². The van der Waals surface area contributed by atoms with Crippen LogP contribution >= 0.6 is 0 Å². The van der Waals surface area contributed by atoms with Crippen LogP contribution in [0, 0.1) is 11.3 Å². The summed E-state index contributed by atoms with van der Waals surface area (Å²) >= 11 is 0. The van der Waals surface area contributed by atoms with E-state index >= 15 is 0 Å². The SMILES string of the molecule is O=C(NC[C@@]12CNC[C@@H]1COC2)N1CCCC1. The minimum absolute atomic E-state index is 0.106. The molecule has 2 N–H and O–H groups in total. The first-order valence-electron chi connectivity index (χ1n) is 6.61. The van der Waals surface area contributed by atoms with Gasteiger partial charge in [-0.3, -0.25) is 0 Å². The van der Waals surface area contributed by atoms with Crippen LogP contribution in [0.1, 0.15) is 12.8 Å². The molecule has 3 aliphatic heterocycles. The highest BCUT2D eigenvalue weighted by atomic mass is 16.5. The van der Waals surface area contributed by atoms with Crippen LogP contribution < -0.4 is 10.6 Å². The fraction of sp³-hybridized carbons (Fsp3) is 0.917. The maximum absolute atomic E-state index is 11.9. The molecule has 0 aliphatic carbocycles. The lowest BCUT2D eigenvalue weighted by Gasteiger charge is -2.28. The fourth-order valence-corrected chi connectivity index (χ4v) is 3.21. The van der Waals surface area contributed by atoms with Crippen LogP contribution in [0.4, 0.5) is 4.79 Å². The summed E-state index contributed by atoms with van der Waals surface area (Å²) in [6, 6.07) is 0.106. The van der Waals surface area contributed by atoms with Crippen molar-refractivity contribution in [1.29, 1.82) is 0 Å². The highest BCUT2D eigenvalue weighted by molar-refractivity contribution is 5.74. The summed E-state index contributed by atoms with van der Waals surface area (Å²) < 4.78 is 5.57. The molecule has 0 radical (unpaired) electrons. The van der Waals surface area contributed by atoms with Crippen molar-refractivity contribution in [3.05, 3.63) is 0 Å². The number of fused-ring (bicyclic) bond motifs is 1. The first-order chi connectivity index (χ1) is 8.30. The van der Waals surface area contributed by atoms with Gasteiger partial charge in [-0.15, -0.1) is 0 Å². The second-order valence-electron chi connectivity index (χ2n) is 5.56. The average molecular weight is 239 g/mol. The summed E-state index contributed by atoms with van der Waals surface area (Å²) in [6.07, 6.45) is 2.29. The number of likely N-dealkylation sites (tertiary alicyclic amines) is 1. The van der Waals surface area contributed by atoms with Crippen molar-refractivity contribution < 1.29 is 9.53 Å². The second-order valence-corrected chi connectivity index (χ2v) is 5.56. The highest BCUT2D eigenvalue weighted by Gasteiger charge is 2.47. The molecule has 5 nitrogen and oxygen atoms in total. The topological polar surface area (TPSA) is 53.6 Å². The lowest BCUT2D eigenvalue weighted by Crippen LogP contribution is -2.46. The standard InChI is InChI=1S/C12H21N3O2/c16-11(15-3-1-2-4-15)14-8-12-7-13-5-10(12)6-17-9-12/h10,13H,1-9H2,(H,14,16)/t10-,12-/m1/s1. The third-order valence-corrected chi connectivity index (χ3v) is 4.43. The Morgan fingerprint density at radius 2 is 2.29 bits per heavy atom.